The highest BCUT2D eigenvalue weighted by molar-refractivity contribution is 7.23. The van der Waals surface area contributed by atoms with Crippen molar-refractivity contribution in [1.29, 1.82) is 0 Å². The summed E-state index contributed by atoms with van der Waals surface area (Å²) in [5.74, 6) is 0. The summed E-state index contributed by atoms with van der Waals surface area (Å²) in [6, 6.07) is 13.6. The van der Waals surface area contributed by atoms with Gasteiger partial charge in [0, 0.05) is 25.4 Å². The molecule has 0 aliphatic rings. The first-order chi connectivity index (χ1) is 15.9. The summed E-state index contributed by atoms with van der Waals surface area (Å²) in [6.45, 7) is 2.23. The highest BCUT2D eigenvalue weighted by Crippen LogP contribution is 2.39. The molecule has 0 amide bonds. The van der Waals surface area contributed by atoms with Gasteiger partial charge in [-0.2, -0.15) is 18.3 Å². The third kappa shape index (κ3) is 4.68. The number of rotatable bonds is 7. The predicted molar refractivity (Wildman–Crippen MR) is 131 cm³/mol. The Morgan fingerprint density at radius 3 is 2.42 bits per heavy atom. The van der Waals surface area contributed by atoms with Gasteiger partial charge in [-0.15, -0.1) is 22.7 Å². The number of unbranched alkanes of at least 4 members (excludes halogenated alkanes) is 3. The summed E-state index contributed by atoms with van der Waals surface area (Å²) < 4.78 is 41.2. The number of H-pyrrole nitrogens is 1. The highest BCUT2D eigenvalue weighted by Gasteiger charge is 2.33. The minimum Gasteiger partial charge on any atom is -0.273 e. The summed E-state index contributed by atoms with van der Waals surface area (Å²) >= 11 is 3.55. The molecule has 0 fully saturated rings. The largest absolute Gasteiger partial charge is 0.432 e. The number of nitrogens with one attached hydrogen (secondary N) is 1. The maximum atomic E-state index is 12.9. The Kier molecular flexibility index (Phi) is 5.97. The van der Waals surface area contributed by atoms with Crippen molar-refractivity contribution in [2.24, 2.45) is 0 Å². The predicted octanol–water partition coefficient (Wildman–Crippen LogP) is 8.71. The third-order valence-corrected chi connectivity index (χ3v) is 7.98. The second kappa shape index (κ2) is 8.91. The summed E-state index contributed by atoms with van der Waals surface area (Å²) in [6.07, 6.45) is 3.36. The second-order valence-electron chi connectivity index (χ2n) is 8.16. The monoisotopic (exact) mass is 485 g/mol. The van der Waals surface area contributed by atoms with Gasteiger partial charge in [-0.1, -0.05) is 26.2 Å². The van der Waals surface area contributed by atoms with Gasteiger partial charge in [0.25, 0.3) is 0 Å². The van der Waals surface area contributed by atoms with Gasteiger partial charge in [-0.25, -0.2) is 0 Å². The van der Waals surface area contributed by atoms with E-state index in [0.717, 1.165) is 22.9 Å². The molecule has 4 aromatic heterocycles. The Bertz CT molecular complexity index is 1360. The molecule has 0 aliphatic heterocycles. The lowest BCUT2D eigenvalue weighted by Gasteiger charge is -2.01. The third-order valence-electron chi connectivity index (χ3n) is 5.67. The molecule has 0 radical (unpaired) electrons. The number of aryl methyl sites for hydroxylation is 1. The molecule has 4 heterocycles. The number of pyridine rings is 1. The zero-order valence-corrected chi connectivity index (χ0v) is 19.6. The van der Waals surface area contributed by atoms with Gasteiger partial charge in [0.15, 0.2) is 0 Å². The van der Waals surface area contributed by atoms with Gasteiger partial charge in [0.1, 0.15) is 11.4 Å². The van der Waals surface area contributed by atoms with Crippen molar-refractivity contribution in [3.05, 3.63) is 59.2 Å². The molecule has 5 aromatic rings. The van der Waals surface area contributed by atoms with E-state index in [1.807, 2.05) is 17.4 Å². The van der Waals surface area contributed by atoms with Gasteiger partial charge in [-0.3, -0.25) is 10.1 Å². The molecule has 0 saturated carbocycles. The first kappa shape index (κ1) is 22.1. The van der Waals surface area contributed by atoms with E-state index in [-0.39, 0.29) is 5.69 Å². The number of hydrogen-bond donors (Lipinski definition) is 1. The van der Waals surface area contributed by atoms with Crippen LogP contribution in [0.2, 0.25) is 0 Å². The summed E-state index contributed by atoms with van der Waals surface area (Å²) in [4.78, 5) is 6.72. The van der Waals surface area contributed by atoms with Crippen molar-refractivity contribution in [3.8, 4) is 21.8 Å². The number of thiophene rings is 2. The Labute approximate surface area is 197 Å². The Balaban J connectivity index is 1.42. The van der Waals surface area contributed by atoms with Gasteiger partial charge in [0.05, 0.1) is 5.69 Å². The van der Waals surface area contributed by atoms with E-state index in [1.165, 1.54) is 50.7 Å². The van der Waals surface area contributed by atoms with Crippen molar-refractivity contribution >= 4 is 42.8 Å². The molecule has 0 saturated heterocycles. The summed E-state index contributed by atoms with van der Waals surface area (Å²) in [5, 5.41) is 8.31. The molecule has 170 valence electrons. The molecule has 0 atom stereocenters. The molecule has 3 nitrogen and oxygen atoms in total. The van der Waals surface area contributed by atoms with Gasteiger partial charge in [-0.05, 0) is 71.6 Å². The van der Waals surface area contributed by atoms with Crippen LogP contribution in [0.1, 0.15) is 43.2 Å². The van der Waals surface area contributed by atoms with Crippen LogP contribution in [0.3, 0.4) is 0 Å². The van der Waals surface area contributed by atoms with Crippen molar-refractivity contribution in [2.45, 2.75) is 45.2 Å². The van der Waals surface area contributed by atoms with Crippen LogP contribution in [-0.4, -0.2) is 15.2 Å². The van der Waals surface area contributed by atoms with Crippen molar-refractivity contribution in [1.82, 2.24) is 15.2 Å². The number of aromatic amines is 1. The molecular formula is C25H22F3N3S2. The standard InChI is InChI=1S/C25H22F3N3S2/c1-2-3-4-5-6-18-9-16-11-23-17(13-22(16)32-18)12-21(33-23)15-7-8-29-19(10-15)20-14-24(31-30-20)25(26,27)28/h7-14H,2-6H2,1H3,(H,30,31). The number of aromatic nitrogens is 3. The van der Waals surface area contributed by atoms with E-state index in [2.05, 4.69) is 46.4 Å². The van der Waals surface area contributed by atoms with Gasteiger partial charge >= 0.3 is 6.18 Å². The number of benzene rings is 1. The Hall–Kier alpha value is -2.71. The maximum absolute atomic E-state index is 12.9. The zero-order valence-electron chi connectivity index (χ0n) is 18.0. The Morgan fingerprint density at radius 1 is 0.879 bits per heavy atom. The lowest BCUT2D eigenvalue weighted by atomic mass is 10.1. The number of alkyl halides is 3. The fourth-order valence-electron chi connectivity index (χ4n) is 3.94. The average Bonchev–Trinajstić information content (AvgIpc) is 3.52. The van der Waals surface area contributed by atoms with E-state index in [9.17, 15) is 13.2 Å². The van der Waals surface area contributed by atoms with Gasteiger partial charge in [0.2, 0.25) is 0 Å². The quantitative estimate of drug-likeness (QED) is 0.234. The van der Waals surface area contributed by atoms with E-state index >= 15 is 0 Å². The lowest BCUT2D eigenvalue weighted by Crippen LogP contribution is -2.04. The molecular weight excluding hydrogens is 463 g/mol. The van der Waals surface area contributed by atoms with E-state index in [0.29, 0.717) is 5.69 Å². The van der Waals surface area contributed by atoms with E-state index in [1.54, 1.807) is 23.6 Å². The number of halogens is 3. The van der Waals surface area contributed by atoms with Crippen molar-refractivity contribution in [3.63, 3.8) is 0 Å². The van der Waals surface area contributed by atoms with Gasteiger partial charge < -0.3 is 0 Å². The molecule has 5 rings (SSSR count). The number of hydrogen-bond acceptors (Lipinski definition) is 4. The SMILES string of the molecule is CCCCCCc1cc2cc3sc(-c4ccnc(-c5cc(C(F)(F)F)[nH]n5)c4)cc3cc2s1. The average molecular weight is 486 g/mol. The van der Waals surface area contributed by atoms with Crippen LogP contribution in [0.25, 0.3) is 42.0 Å². The fraction of sp³-hybridized carbons (Fsp3) is 0.280. The molecule has 33 heavy (non-hydrogen) atoms. The fourth-order valence-corrected chi connectivity index (χ4v) is 6.17. The van der Waals surface area contributed by atoms with Crippen LogP contribution >= 0.6 is 22.7 Å². The molecule has 8 heteroatoms. The zero-order chi connectivity index (χ0) is 23.0. The van der Waals surface area contributed by atoms with E-state index < -0.39 is 11.9 Å². The molecule has 1 aromatic carbocycles. The molecule has 0 bridgehead atoms. The summed E-state index contributed by atoms with van der Waals surface area (Å²) in [5.41, 5.74) is 0.622. The molecule has 1 N–H and O–H groups in total. The molecule has 0 aliphatic carbocycles. The number of fused-ring (bicyclic) bond motifs is 2. The number of nitrogens with zero attached hydrogens (tertiary/aromatic N) is 2. The van der Waals surface area contributed by atoms with Crippen LogP contribution in [0.15, 0.2) is 48.7 Å². The summed E-state index contributed by atoms with van der Waals surface area (Å²) in [7, 11) is 0. The normalized spacial score (nSPS) is 12.2. The topological polar surface area (TPSA) is 41.6 Å². The van der Waals surface area contributed by atoms with E-state index in [4.69, 9.17) is 0 Å². The molecule has 0 unspecified atom stereocenters. The van der Waals surface area contributed by atoms with Crippen molar-refractivity contribution < 1.29 is 13.2 Å². The van der Waals surface area contributed by atoms with Crippen LogP contribution in [0, 0.1) is 0 Å². The van der Waals surface area contributed by atoms with Crippen LogP contribution in [0.4, 0.5) is 13.2 Å². The van der Waals surface area contributed by atoms with Crippen LogP contribution < -0.4 is 0 Å². The van der Waals surface area contributed by atoms with Crippen LogP contribution in [0.5, 0.6) is 0 Å². The molecule has 0 spiro atoms. The first-order valence-corrected chi connectivity index (χ1v) is 12.6. The maximum Gasteiger partial charge on any atom is 0.432 e. The minimum absolute atomic E-state index is 0.178. The second-order valence-corrected chi connectivity index (χ2v) is 10.4. The minimum atomic E-state index is -4.46. The van der Waals surface area contributed by atoms with Crippen molar-refractivity contribution in [2.75, 3.05) is 0 Å². The lowest BCUT2D eigenvalue weighted by molar-refractivity contribution is -0.141. The Morgan fingerprint density at radius 2 is 1.67 bits per heavy atom. The van der Waals surface area contributed by atoms with Crippen LogP contribution in [-0.2, 0) is 12.6 Å². The highest BCUT2D eigenvalue weighted by atomic mass is 32.1. The smallest absolute Gasteiger partial charge is 0.273 e. The first-order valence-electron chi connectivity index (χ1n) is 11.0.